The van der Waals surface area contributed by atoms with Crippen LogP contribution in [0.15, 0.2) is 48.5 Å². The summed E-state index contributed by atoms with van der Waals surface area (Å²) < 4.78 is 18.4. The molecule has 0 aliphatic heterocycles. The van der Waals surface area contributed by atoms with Gasteiger partial charge in [-0.1, -0.05) is 18.2 Å². The van der Waals surface area contributed by atoms with Gasteiger partial charge in [-0.05, 0) is 30.3 Å². The molecule has 3 rings (SSSR count). The minimum Gasteiger partial charge on any atom is -0.496 e. The van der Waals surface area contributed by atoms with Gasteiger partial charge in [0, 0.05) is 23.0 Å². The summed E-state index contributed by atoms with van der Waals surface area (Å²) in [7, 11) is 1.59. The minimum atomic E-state index is -0.326. The number of para-hydroxylation sites is 1. The highest BCUT2D eigenvalue weighted by molar-refractivity contribution is 5.98. The fraction of sp³-hybridized carbons (Fsp3) is 0.118. The van der Waals surface area contributed by atoms with E-state index in [1.165, 1.54) is 12.1 Å². The molecule has 3 aromatic rings. The van der Waals surface area contributed by atoms with E-state index >= 15 is 0 Å². The van der Waals surface area contributed by atoms with Crippen molar-refractivity contribution in [3.63, 3.8) is 0 Å². The second kappa shape index (κ2) is 5.89. The number of hydrogen-bond donors (Lipinski definition) is 2. The van der Waals surface area contributed by atoms with Crippen LogP contribution in [-0.4, -0.2) is 18.0 Å². The third-order valence-corrected chi connectivity index (χ3v) is 3.46. The number of benzene rings is 2. The fourth-order valence-electron chi connectivity index (χ4n) is 2.35. The third kappa shape index (κ3) is 2.79. The minimum absolute atomic E-state index is 0.248. The van der Waals surface area contributed by atoms with Gasteiger partial charge >= 0.3 is 0 Å². The van der Waals surface area contributed by atoms with Gasteiger partial charge in [0.05, 0.1) is 7.11 Å². The molecule has 4 nitrogen and oxygen atoms in total. The number of H-pyrrole nitrogens is 1. The highest BCUT2D eigenvalue weighted by Crippen LogP contribution is 2.18. The first kappa shape index (κ1) is 14.1. The molecular formula is C17H15FN2O2. The number of aromatic nitrogens is 1. The van der Waals surface area contributed by atoms with Gasteiger partial charge in [0.25, 0.3) is 5.91 Å². The average molecular weight is 298 g/mol. The van der Waals surface area contributed by atoms with Crippen LogP contribution in [0.5, 0.6) is 5.75 Å². The summed E-state index contributed by atoms with van der Waals surface area (Å²) in [6.07, 6.45) is 0. The monoisotopic (exact) mass is 298 g/mol. The number of ether oxygens (including phenoxy) is 1. The van der Waals surface area contributed by atoms with Crippen molar-refractivity contribution in [1.29, 1.82) is 0 Å². The molecule has 0 saturated heterocycles. The molecule has 22 heavy (non-hydrogen) atoms. The molecule has 0 atom stereocenters. The first-order valence-corrected chi connectivity index (χ1v) is 6.86. The zero-order valence-electron chi connectivity index (χ0n) is 12.0. The third-order valence-electron chi connectivity index (χ3n) is 3.46. The van der Waals surface area contributed by atoms with Gasteiger partial charge in [-0.2, -0.15) is 0 Å². The molecule has 0 unspecified atom stereocenters. The van der Waals surface area contributed by atoms with Crippen molar-refractivity contribution in [2.75, 3.05) is 7.11 Å². The Labute approximate surface area is 126 Å². The van der Waals surface area contributed by atoms with Crippen LogP contribution < -0.4 is 10.1 Å². The molecule has 2 aromatic carbocycles. The Morgan fingerprint density at radius 2 is 2.05 bits per heavy atom. The smallest absolute Gasteiger partial charge is 0.267 e. The molecule has 0 spiro atoms. The topological polar surface area (TPSA) is 54.1 Å². The summed E-state index contributed by atoms with van der Waals surface area (Å²) >= 11 is 0. The highest BCUT2D eigenvalue weighted by atomic mass is 19.1. The standard InChI is InChI=1S/C17H15FN2O2/c1-22-16-5-3-2-4-11(16)10-19-17(21)15-9-12-8-13(18)6-7-14(12)20-15/h2-9,20H,10H2,1H3,(H,19,21). The number of amides is 1. The van der Waals surface area contributed by atoms with E-state index in [0.29, 0.717) is 17.6 Å². The Morgan fingerprint density at radius 3 is 2.86 bits per heavy atom. The van der Waals surface area contributed by atoms with Gasteiger partial charge in [0.1, 0.15) is 17.3 Å². The maximum absolute atomic E-state index is 13.2. The second-order valence-electron chi connectivity index (χ2n) is 4.91. The first-order valence-electron chi connectivity index (χ1n) is 6.86. The first-order chi connectivity index (χ1) is 10.7. The van der Waals surface area contributed by atoms with Crippen LogP contribution in [0.2, 0.25) is 0 Å². The van der Waals surface area contributed by atoms with Gasteiger partial charge in [-0.3, -0.25) is 4.79 Å². The number of rotatable bonds is 4. The molecule has 0 fully saturated rings. The van der Waals surface area contributed by atoms with E-state index in [9.17, 15) is 9.18 Å². The Kier molecular flexibility index (Phi) is 3.78. The van der Waals surface area contributed by atoms with Crippen molar-refractivity contribution in [3.8, 4) is 5.75 Å². The van der Waals surface area contributed by atoms with E-state index in [0.717, 1.165) is 16.8 Å². The Balaban J connectivity index is 1.76. The number of methoxy groups -OCH3 is 1. The molecule has 0 bridgehead atoms. The molecule has 0 aliphatic carbocycles. The molecule has 1 heterocycles. The fourth-order valence-corrected chi connectivity index (χ4v) is 2.35. The highest BCUT2D eigenvalue weighted by Gasteiger charge is 2.10. The van der Waals surface area contributed by atoms with Crippen molar-refractivity contribution < 1.29 is 13.9 Å². The van der Waals surface area contributed by atoms with Gasteiger partial charge in [0.15, 0.2) is 0 Å². The lowest BCUT2D eigenvalue weighted by atomic mass is 10.2. The van der Waals surface area contributed by atoms with Gasteiger partial charge in [-0.15, -0.1) is 0 Å². The Bertz CT molecular complexity index is 826. The quantitative estimate of drug-likeness (QED) is 0.777. The van der Waals surface area contributed by atoms with Crippen molar-refractivity contribution in [2.24, 2.45) is 0 Å². The average Bonchev–Trinajstić information content (AvgIpc) is 2.96. The molecular weight excluding hydrogens is 283 g/mol. The molecule has 112 valence electrons. The maximum atomic E-state index is 13.2. The number of aromatic amines is 1. The van der Waals surface area contributed by atoms with Gasteiger partial charge in [0.2, 0.25) is 0 Å². The van der Waals surface area contributed by atoms with Crippen LogP contribution >= 0.6 is 0 Å². The molecule has 0 saturated carbocycles. The maximum Gasteiger partial charge on any atom is 0.267 e. The van der Waals surface area contributed by atoms with Crippen molar-refractivity contribution >= 4 is 16.8 Å². The van der Waals surface area contributed by atoms with Crippen LogP contribution in [0.1, 0.15) is 16.1 Å². The summed E-state index contributed by atoms with van der Waals surface area (Å²) in [4.78, 5) is 15.2. The molecule has 1 aromatic heterocycles. The van der Waals surface area contributed by atoms with E-state index in [1.54, 1.807) is 19.2 Å². The van der Waals surface area contributed by atoms with Crippen LogP contribution in [-0.2, 0) is 6.54 Å². The number of halogens is 1. The number of hydrogen-bond acceptors (Lipinski definition) is 2. The van der Waals surface area contributed by atoms with Gasteiger partial charge < -0.3 is 15.0 Å². The van der Waals surface area contributed by atoms with Crippen LogP contribution in [0.3, 0.4) is 0 Å². The number of fused-ring (bicyclic) bond motifs is 1. The van der Waals surface area contributed by atoms with E-state index in [4.69, 9.17) is 4.74 Å². The predicted octanol–water partition coefficient (Wildman–Crippen LogP) is 3.25. The summed E-state index contributed by atoms with van der Waals surface area (Å²) in [6.45, 7) is 0.354. The second-order valence-corrected chi connectivity index (χ2v) is 4.91. The van der Waals surface area contributed by atoms with E-state index in [-0.39, 0.29) is 11.7 Å². The van der Waals surface area contributed by atoms with E-state index < -0.39 is 0 Å². The van der Waals surface area contributed by atoms with Crippen molar-refractivity contribution in [3.05, 3.63) is 65.6 Å². The predicted molar refractivity (Wildman–Crippen MR) is 82.4 cm³/mol. The molecule has 0 aliphatic rings. The number of carbonyl (C=O) groups excluding carboxylic acids is 1. The molecule has 5 heteroatoms. The lowest BCUT2D eigenvalue weighted by Gasteiger charge is -2.08. The zero-order chi connectivity index (χ0) is 15.5. The van der Waals surface area contributed by atoms with E-state index in [1.807, 2.05) is 24.3 Å². The SMILES string of the molecule is COc1ccccc1CNC(=O)c1cc2cc(F)ccc2[nH]1. The summed E-state index contributed by atoms with van der Waals surface area (Å²) in [5.74, 6) is 0.150. The van der Waals surface area contributed by atoms with Crippen molar-refractivity contribution in [1.82, 2.24) is 10.3 Å². The van der Waals surface area contributed by atoms with Gasteiger partial charge in [-0.25, -0.2) is 4.39 Å². The summed E-state index contributed by atoms with van der Waals surface area (Å²) in [5, 5.41) is 3.49. The molecule has 0 radical (unpaired) electrons. The Morgan fingerprint density at radius 1 is 1.23 bits per heavy atom. The summed E-state index contributed by atoms with van der Waals surface area (Å²) in [5.41, 5.74) is 2.01. The van der Waals surface area contributed by atoms with Crippen LogP contribution in [0, 0.1) is 5.82 Å². The molecule has 2 N–H and O–H groups in total. The largest absolute Gasteiger partial charge is 0.496 e. The number of nitrogens with one attached hydrogen (secondary N) is 2. The van der Waals surface area contributed by atoms with E-state index in [2.05, 4.69) is 10.3 Å². The normalized spacial score (nSPS) is 10.6. The van der Waals surface area contributed by atoms with Crippen molar-refractivity contribution in [2.45, 2.75) is 6.54 Å². The zero-order valence-corrected chi connectivity index (χ0v) is 12.0. The number of carbonyl (C=O) groups is 1. The lowest BCUT2D eigenvalue weighted by molar-refractivity contribution is 0.0946. The summed E-state index contributed by atoms with van der Waals surface area (Å²) in [6, 6.07) is 13.5. The van der Waals surface area contributed by atoms with Crippen LogP contribution in [0.4, 0.5) is 4.39 Å². The lowest BCUT2D eigenvalue weighted by Crippen LogP contribution is -2.23. The Hall–Kier alpha value is -2.82. The molecule has 1 amide bonds. The van der Waals surface area contributed by atoms with Crippen LogP contribution in [0.25, 0.3) is 10.9 Å².